The van der Waals surface area contributed by atoms with Crippen molar-refractivity contribution in [3.8, 4) is 5.75 Å². The quantitative estimate of drug-likeness (QED) is 0.852. The molecule has 4 nitrogen and oxygen atoms in total. The molecule has 27 heavy (non-hydrogen) atoms. The van der Waals surface area contributed by atoms with Crippen molar-refractivity contribution < 1.29 is 22.7 Å². The first kappa shape index (κ1) is 19.2. The number of nitrogens with one attached hydrogen (secondary N) is 1. The summed E-state index contributed by atoms with van der Waals surface area (Å²) in [6.45, 7) is 0.242. The predicted octanol–water partition coefficient (Wildman–Crippen LogP) is 4.09. The maximum atomic E-state index is 13.9. The fraction of sp³-hybridized carbons (Fsp3) is 0.350. The summed E-state index contributed by atoms with van der Waals surface area (Å²) in [5.74, 6) is -0.454. The number of carbonyl (C=O) groups is 1. The zero-order valence-corrected chi connectivity index (χ0v) is 14.9. The summed E-state index contributed by atoms with van der Waals surface area (Å²) in [5, 5.41) is 2.43. The number of nitrogens with zero attached hydrogens (tertiary/aromatic N) is 1. The van der Waals surface area contributed by atoms with Crippen LogP contribution in [0.3, 0.4) is 0 Å². The lowest BCUT2D eigenvalue weighted by Crippen LogP contribution is -2.49. The molecule has 1 amide bonds. The smallest absolute Gasteiger partial charge is 0.404 e. The highest BCUT2D eigenvalue weighted by atomic mass is 19.4. The SMILES string of the molecule is COc1ccc(NC(=O)C2(C(F)(F)F)CCN(Cc3ccccc3)C2)cc1. The third kappa shape index (κ3) is 4.08. The van der Waals surface area contributed by atoms with Gasteiger partial charge in [0.2, 0.25) is 5.91 Å². The number of benzene rings is 2. The molecule has 1 aliphatic rings. The molecule has 0 aromatic heterocycles. The Balaban J connectivity index is 1.76. The molecule has 3 rings (SSSR count). The fourth-order valence-electron chi connectivity index (χ4n) is 3.34. The summed E-state index contributed by atoms with van der Waals surface area (Å²) in [4.78, 5) is 14.3. The van der Waals surface area contributed by atoms with Crippen LogP contribution in [0.2, 0.25) is 0 Å². The molecule has 144 valence electrons. The van der Waals surface area contributed by atoms with Gasteiger partial charge in [-0.1, -0.05) is 30.3 Å². The third-order valence-electron chi connectivity index (χ3n) is 4.92. The van der Waals surface area contributed by atoms with Crippen LogP contribution in [0.15, 0.2) is 54.6 Å². The van der Waals surface area contributed by atoms with Crippen molar-refractivity contribution in [1.82, 2.24) is 4.90 Å². The molecule has 2 aromatic rings. The first-order valence-corrected chi connectivity index (χ1v) is 8.62. The average molecular weight is 378 g/mol. The van der Waals surface area contributed by atoms with E-state index in [0.29, 0.717) is 18.0 Å². The van der Waals surface area contributed by atoms with Crippen LogP contribution in [-0.4, -0.2) is 37.2 Å². The number of amides is 1. The van der Waals surface area contributed by atoms with Crippen LogP contribution >= 0.6 is 0 Å². The van der Waals surface area contributed by atoms with Gasteiger partial charge in [-0.2, -0.15) is 13.2 Å². The normalized spacial score (nSPS) is 20.4. The Morgan fingerprint density at radius 2 is 1.81 bits per heavy atom. The number of hydrogen-bond donors (Lipinski definition) is 1. The Labute approximate surface area is 155 Å². The topological polar surface area (TPSA) is 41.6 Å². The lowest BCUT2D eigenvalue weighted by molar-refractivity contribution is -0.215. The summed E-state index contributed by atoms with van der Waals surface area (Å²) in [6, 6.07) is 15.5. The highest BCUT2D eigenvalue weighted by Gasteiger charge is 2.62. The van der Waals surface area contributed by atoms with Crippen LogP contribution in [-0.2, 0) is 11.3 Å². The molecule has 1 heterocycles. The second kappa shape index (κ2) is 7.60. The summed E-state index contributed by atoms with van der Waals surface area (Å²) in [6.07, 6.45) is -4.89. The molecule has 1 fully saturated rings. The van der Waals surface area contributed by atoms with Crippen LogP contribution in [0, 0.1) is 5.41 Å². The number of alkyl halides is 3. The molecule has 1 saturated heterocycles. The first-order valence-electron chi connectivity index (χ1n) is 8.62. The molecular weight excluding hydrogens is 357 g/mol. The van der Waals surface area contributed by atoms with Crippen LogP contribution in [0.5, 0.6) is 5.75 Å². The minimum atomic E-state index is -4.63. The standard InChI is InChI=1S/C20H21F3N2O2/c1-27-17-9-7-16(8-10-17)24-18(26)19(20(21,22)23)11-12-25(14-19)13-15-5-3-2-4-6-15/h2-10H,11-14H2,1H3,(H,24,26). The zero-order valence-electron chi connectivity index (χ0n) is 14.9. The Kier molecular flexibility index (Phi) is 5.41. The van der Waals surface area contributed by atoms with E-state index in [-0.39, 0.29) is 19.5 Å². The number of methoxy groups -OCH3 is 1. The largest absolute Gasteiger partial charge is 0.497 e. The van der Waals surface area contributed by atoms with Gasteiger partial charge in [-0.15, -0.1) is 0 Å². The Bertz CT molecular complexity index is 778. The van der Waals surface area contributed by atoms with Gasteiger partial charge in [0.1, 0.15) is 5.75 Å². The van der Waals surface area contributed by atoms with E-state index in [9.17, 15) is 18.0 Å². The minimum absolute atomic E-state index is 0.213. The van der Waals surface area contributed by atoms with Gasteiger partial charge in [0.25, 0.3) is 0 Å². The molecule has 2 aromatic carbocycles. The number of ether oxygens (including phenoxy) is 1. The Morgan fingerprint density at radius 1 is 1.15 bits per heavy atom. The summed E-state index contributed by atoms with van der Waals surface area (Å²) in [7, 11) is 1.49. The van der Waals surface area contributed by atoms with E-state index in [1.54, 1.807) is 17.0 Å². The molecule has 0 bridgehead atoms. The summed E-state index contributed by atoms with van der Waals surface area (Å²) >= 11 is 0. The number of hydrogen-bond acceptors (Lipinski definition) is 3. The molecule has 7 heteroatoms. The van der Waals surface area contributed by atoms with E-state index in [1.165, 1.54) is 19.2 Å². The van der Waals surface area contributed by atoms with E-state index in [1.807, 2.05) is 30.3 Å². The number of rotatable bonds is 5. The second-order valence-electron chi connectivity index (χ2n) is 6.71. The van der Waals surface area contributed by atoms with Gasteiger partial charge >= 0.3 is 6.18 Å². The minimum Gasteiger partial charge on any atom is -0.497 e. The van der Waals surface area contributed by atoms with Gasteiger partial charge in [0.05, 0.1) is 7.11 Å². The number of likely N-dealkylation sites (tertiary alicyclic amines) is 1. The van der Waals surface area contributed by atoms with E-state index < -0.39 is 17.5 Å². The number of halogens is 3. The molecule has 1 atom stereocenters. The highest BCUT2D eigenvalue weighted by molar-refractivity contribution is 5.96. The highest BCUT2D eigenvalue weighted by Crippen LogP contribution is 2.46. The monoisotopic (exact) mass is 378 g/mol. The van der Waals surface area contributed by atoms with Gasteiger partial charge in [0.15, 0.2) is 5.41 Å². The lowest BCUT2D eigenvalue weighted by Gasteiger charge is -2.30. The van der Waals surface area contributed by atoms with Crippen molar-refractivity contribution in [1.29, 1.82) is 0 Å². The van der Waals surface area contributed by atoms with E-state index in [2.05, 4.69) is 5.32 Å². The molecule has 0 aliphatic carbocycles. The number of carbonyl (C=O) groups excluding carboxylic acids is 1. The summed E-state index contributed by atoms with van der Waals surface area (Å²) in [5.41, 5.74) is -1.18. The van der Waals surface area contributed by atoms with Crippen molar-refractivity contribution >= 4 is 11.6 Å². The molecule has 0 spiro atoms. The maximum absolute atomic E-state index is 13.9. The number of anilines is 1. The average Bonchev–Trinajstić information content (AvgIpc) is 3.08. The van der Waals surface area contributed by atoms with Gasteiger partial charge < -0.3 is 10.1 Å². The second-order valence-corrected chi connectivity index (χ2v) is 6.71. The van der Waals surface area contributed by atoms with E-state index >= 15 is 0 Å². The fourth-order valence-corrected chi connectivity index (χ4v) is 3.34. The van der Waals surface area contributed by atoms with Crippen LogP contribution in [0.4, 0.5) is 18.9 Å². The van der Waals surface area contributed by atoms with Gasteiger partial charge in [-0.3, -0.25) is 9.69 Å². The van der Waals surface area contributed by atoms with E-state index in [0.717, 1.165) is 5.56 Å². The first-order chi connectivity index (χ1) is 12.8. The van der Waals surface area contributed by atoms with Gasteiger partial charge in [-0.05, 0) is 42.8 Å². The lowest BCUT2D eigenvalue weighted by atomic mass is 9.85. The third-order valence-corrected chi connectivity index (χ3v) is 4.92. The predicted molar refractivity (Wildman–Crippen MR) is 96.4 cm³/mol. The molecular formula is C20H21F3N2O2. The van der Waals surface area contributed by atoms with E-state index in [4.69, 9.17) is 4.74 Å². The summed E-state index contributed by atoms with van der Waals surface area (Å²) < 4.78 is 46.7. The molecule has 1 aliphatic heterocycles. The maximum Gasteiger partial charge on any atom is 0.404 e. The van der Waals surface area contributed by atoms with Crippen molar-refractivity contribution in [2.24, 2.45) is 5.41 Å². The Hall–Kier alpha value is -2.54. The van der Waals surface area contributed by atoms with Crippen LogP contribution < -0.4 is 10.1 Å². The molecule has 1 unspecified atom stereocenters. The zero-order chi connectivity index (χ0) is 19.5. The van der Waals surface area contributed by atoms with Crippen LogP contribution in [0.25, 0.3) is 0 Å². The van der Waals surface area contributed by atoms with Crippen molar-refractivity contribution in [3.63, 3.8) is 0 Å². The molecule has 1 N–H and O–H groups in total. The van der Waals surface area contributed by atoms with Gasteiger partial charge in [-0.25, -0.2) is 0 Å². The van der Waals surface area contributed by atoms with Gasteiger partial charge in [0, 0.05) is 18.8 Å². The van der Waals surface area contributed by atoms with Crippen molar-refractivity contribution in [3.05, 3.63) is 60.2 Å². The van der Waals surface area contributed by atoms with Crippen molar-refractivity contribution in [2.75, 3.05) is 25.5 Å². The van der Waals surface area contributed by atoms with Crippen molar-refractivity contribution in [2.45, 2.75) is 19.1 Å². The molecule has 0 radical (unpaired) electrons. The Morgan fingerprint density at radius 3 is 2.41 bits per heavy atom. The van der Waals surface area contributed by atoms with Crippen LogP contribution in [0.1, 0.15) is 12.0 Å². The molecule has 0 saturated carbocycles.